The number of nitrogens with zero attached hydrogens (tertiary/aromatic N) is 1. The minimum absolute atomic E-state index is 0.0117. The highest BCUT2D eigenvalue weighted by Gasteiger charge is 2.12. The molecule has 1 aromatic heterocycles. The quantitative estimate of drug-likeness (QED) is 0.639. The zero-order valence-corrected chi connectivity index (χ0v) is 12.5. The van der Waals surface area contributed by atoms with E-state index in [4.69, 9.17) is 23.2 Å². The number of hydrogen-bond donors (Lipinski definition) is 0. The van der Waals surface area contributed by atoms with E-state index < -0.39 is 0 Å². The summed E-state index contributed by atoms with van der Waals surface area (Å²) < 4.78 is 0. The molecule has 0 N–H and O–H groups in total. The molecule has 21 heavy (non-hydrogen) atoms. The summed E-state index contributed by atoms with van der Waals surface area (Å²) >= 11 is 11.9. The van der Waals surface area contributed by atoms with Crippen molar-refractivity contribution >= 4 is 39.9 Å². The number of ketones is 1. The second-order valence-electron chi connectivity index (χ2n) is 4.73. The van der Waals surface area contributed by atoms with Gasteiger partial charge in [0, 0.05) is 23.6 Å². The van der Waals surface area contributed by atoms with E-state index in [9.17, 15) is 4.79 Å². The van der Waals surface area contributed by atoms with Crippen LogP contribution in [-0.4, -0.2) is 10.8 Å². The number of Topliss-reactive ketones (excluding diaryl/α,β-unsaturated/α-hetero) is 1. The van der Waals surface area contributed by atoms with Crippen LogP contribution in [-0.2, 0) is 6.42 Å². The van der Waals surface area contributed by atoms with Gasteiger partial charge in [-0.15, -0.1) is 0 Å². The molecule has 0 unspecified atom stereocenters. The van der Waals surface area contributed by atoms with Gasteiger partial charge in [0.25, 0.3) is 0 Å². The predicted molar refractivity (Wildman–Crippen MR) is 86.2 cm³/mol. The molecule has 0 aliphatic heterocycles. The Morgan fingerprint density at radius 3 is 2.62 bits per heavy atom. The summed E-state index contributed by atoms with van der Waals surface area (Å²) in [7, 11) is 0. The van der Waals surface area contributed by atoms with E-state index in [2.05, 4.69) is 4.98 Å². The van der Waals surface area contributed by atoms with Crippen LogP contribution in [0.15, 0.2) is 54.7 Å². The molecule has 0 spiro atoms. The first-order chi connectivity index (χ1) is 10.1. The first kappa shape index (κ1) is 14.1. The van der Waals surface area contributed by atoms with Crippen LogP contribution in [0.3, 0.4) is 0 Å². The average Bonchev–Trinajstić information content (AvgIpc) is 2.50. The molecule has 0 bridgehead atoms. The minimum Gasteiger partial charge on any atom is -0.294 e. The van der Waals surface area contributed by atoms with Crippen molar-refractivity contribution in [1.29, 1.82) is 0 Å². The summed E-state index contributed by atoms with van der Waals surface area (Å²) in [6, 6.07) is 14.6. The third-order valence-corrected chi connectivity index (χ3v) is 4.02. The van der Waals surface area contributed by atoms with Crippen molar-refractivity contribution < 1.29 is 4.79 Å². The molecule has 104 valence electrons. The van der Waals surface area contributed by atoms with E-state index in [-0.39, 0.29) is 12.2 Å². The fourth-order valence-corrected chi connectivity index (χ4v) is 2.58. The largest absolute Gasteiger partial charge is 0.294 e. The summed E-state index contributed by atoms with van der Waals surface area (Å²) in [5.74, 6) is 0.0117. The highest BCUT2D eigenvalue weighted by molar-refractivity contribution is 6.42. The van der Waals surface area contributed by atoms with E-state index >= 15 is 0 Å². The van der Waals surface area contributed by atoms with Crippen molar-refractivity contribution in [3.63, 3.8) is 0 Å². The van der Waals surface area contributed by atoms with Crippen molar-refractivity contribution in [2.45, 2.75) is 6.42 Å². The highest BCUT2D eigenvalue weighted by atomic mass is 35.5. The van der Waals surface area contributed by atoms with Crippen molar-refractivity contribution in [3.8, 4) is 0 Å². The van der Waals surface area contributed by atoms with Crippen LogP contribution in [0, 0.1) is 0 Å². The van der Waals surface area contributed by atoms with Gasteiger partial charge >= 0.3 is 0 Å². The van der Waals surface area contributed by atoms with Crippen LogP contribution in [0.1, 0.15) is 15.9 Å². The fraction of sp³-hybridized carbons (Fsp3) is 0.0588. The third kappa shape index (κ3) is 2.92. The Bertz CT molecular complexity index is 825. The molecule has 0 saturated carbocycles. The Morgan fingerprint density at radius 1 is 1.00 bits per heavy atom. The molecule has 0 radical (unpaired) electrons. The van der Waals surface area contributed by atoms with Gasteiger partial charge in [-0.2, -0.15) is 0 Å². The molecular weight excluding hydrogens is 305 g/mol. The molecule has 3 aromatic rings. The van der Waals surface area contributed by atoms with Crippen LogP contribution < -0.4 is 0 Å². The summed E-state index contributed by atoms with van der Waals surface area (Å²) in [6.45, 7) is 0. The van der Waals surface area contributed by atoms with Crippen LogP contribution in [0.2, 0.25) is 10.0 Å². The second-order valence-corrected chi connectivity index (χ2v) is 5.54. The molecule has 0 atom stereocenters. The molecular formula is C17H11Cl2NO. The maximum Gasteiger partial charge on any atom is 0.169 e. The average molecular weight is 316 g/mol. The van der Waals surface area contributed by atoms with Crippen molar-refractivity contribution in [2.75, 3.05) is 0 Å². The van der Waals surface area contributed by atoms with Crippen molar-refractivity contribution in [2.24, 2.45) is 0 Å². The van der Waals surface area contributed by atoms with E-state index in [0.717, 1.165) is 16.5 Å². The molecule has 4 heteroatoms. The Labute approximate surface area is 132 Å². The van der Waals surface area contributed by atoms with E-state index in [0.29, 0.717) is 15.6 Å². The smallest absolute Gasteiger partial charge is 0.169 e. The first-order valence-corrected chi connectivity index (χ1v) is 7.21. The number of para-hydroxylation sites is 1. The number of rotatable bonds is 3. The predicted octanol–water partition coefficient (Wildman–Crippen LogP) is 4.97. The molecule has 2 nitrogen and oxygen atoms in total. The van der Waals surface area contributed by atoms with E-state index in [1.807, 2.05) is 30.3 Å². The van der Waals surface area contributed by atoms with Crippen molar-refractivity contribution in [3.05, 3.63) is 75.9 Å². The van der Waals surface area contributed by atoms with Gasteiger partial charge in [0.1, 0.15) is 0 Å². The van der Waals surface area contributed by atoms with Crippen molar-refractivity contribution in [1.82, 2.24) is 4.98 Å². The lowest BCUT2D eigenvalue weighted by Gasteiger charge is -2.06. The van der Waals surface area contributed by atoms with Crippen LogP contribution >= 0.6 is 23.2 Å². The molecule has 0 saturated heterocycles. The minimum atomic E-state index is 0.0117. The topological polar surface area (TPSA) is 30.0 Å². The fourth-order valence-electron chi connectivity index (χ4n) is 2.26. The lowest BCUT2D eigenvalue weighted by molar-refractivity contribution is 0.0994. The zero-order chi connectivity index (χ0) is 14.8. The van der Waals surface area contributed by atoms with Gasteiger partial charge in [-0.1, -0.05) is 47.5 Å². The van der Waals surface area contributed by atoms with Gasteiger partial charge < -0.3 is 0 Å². The number of carbonyl (C=O) groups excluding carboxylic acids is 1. The van der Waals surface area contributed by atoms with Gasteiger partial charge in [0.15, 0.2) is 5.78 Å². The summed E-state index contributed by atoms with van der Waals surface area (Å²) in [5.41, 5.74) is 2.19. The van der Waals surface area contributed by atoms with E-state index in [1.54, 1.807) is 24.4 Å². The first-order valence-electron chi connectivity index (χ1n) is 6.46. The lowest BCUT2D eigenvalue weighted by Crippen LogP contribution is -2.05. The Balaban J connectivity index is 1.95. The monoisotopic (exact) mass is 315 g/mol. The lowest BCUT2D eigenvalue weighted by atomic mass is 10.0. The maximum absolute atomic E-state index is 12.5. The molecule has 0 aliphatic rings. The highest BCUT2D eigenvalue weighted by Crippen LogP contribution is 2.24. The Morgan fingerprint density at radius 2 is 1.81 bits per heavy atom. The Kier molecular flexibility index (Phi) is 3.91. The SMILES string of the molecule is O=C(Cc1ccc(Cl)c(Cl)c1)c1cccc2cccnc12. The summed E-state index contributed by atoms with van der Waals surface area (Å²) in [4.78, 5) is 16.8. The molecule has 3 rings (SSSR count). The van der Waals surface area contributed by atoms with Crippen LogP contribution in [0.25, 0.3) is 10.9 Å². The summed E-state index contributed by atoms with van der Waals surface area (Å²) in [6.07, 6.45) is 1.96. The van der Waals surface area contributed by atoms with Gasteiger partial charge in [-0.25, -0.2) is 0 Å². The van der Waals surface area contributed by atoms with Gasteiger partial charge in [-0.3, -0.25) is 9.78 Å². The standard InChI is InChI=1S/C17H11Cl2NO/c18-14-7-6-11(9-15(14)19)10-16(21)13-5-1-3-12-4-2-8-20-17(12)13/h1-9H,10H2. The zero-order valence-electron chi connectivity index (χ0n) is 11.0. The van der Waals surface area contributed by atoms with Crippen LogP contribution in [0.4, 0.5) is 0 Å². The number of pyridine rings is 1. The van der Waals surface area contributed by atoms with Gasteiger partial charge in [-0.05, 0) is 29.8 Å². The molecule has 0 amide bonds. The maximum atomic E-state index is 12.5. The second kappa shape index (κ2) is 5.84. The third-order valence-electron chi connectivity index (χ3n) is 3.28. The summed E-state index contributed by atoms with van der Waals surface area (Å²) in [5, 5.41) is 1.90. The molecule has 0 aliphatic carbocycles. The molecule has 0 fully saturated rings. The number of fused-ring (bicyclic) bond motifs is 1. The number of hydrogen-bond acceptors (Lipinski definition) is 2. The van der Waals surface area contributed by atoms with Crippen LogP contribution in [0.5, 0.6) is 0 Å². The molecule has 2 aromatic carbocycles. The number of benzene rings is 2. The number of carbonyl (C=O) groups is 1. The van der Waals surface area contributed by atoms with Gasteiger partial charge in [0.2, 0.25) is 0 Å². The molecule has 1 heterocycles. The number of halogens is 2. The normalized spacial score (nSPS) is 10.8. The van der Waals surface area contributed by atoms with Gasteiger partial charge in [0.05, 0.1) is 15.6 Å². The Hall–Kier alpha value is -1.90. The van der Waals surface area contributed by atoms with E-state index in [1.165, 1.54) is 0 Å². The number of aromatic nitrogens is 1.